The van der Waals surface area contributed by atoms with E-state index in [1.165, 1.54) is 18.2 Å². The molecule has 0 atom stereocenters. The maximum absolute atomic E-state index is 11.9. The quantitative estimate of drug-likeness (QED) is 0.575. The Morgan fingerprint density at radius 3 is 2.62 bits per heavy atom. The minimum Gasteiger partial charge on any atom is -0.356 e. The van der Waals surface area contributed by atoms with E-state index < -0.39 is 10.8 Å². The zero-order valence-corrected chi connectivity index (χ0v) is 13.1. The molecule has 21 heavy (non-hydrogen) atoms. The van der Waals surface area contributed by atoms with Gasteiger partial charge in [-0.15, -0.1) is 0 Å². The van der Waals surface area contributed by atoms with Crippen LogP contribution in [0.15, 0.2) is 22.7 Å². The van der Waals surface area contributed by atoms with Crippen molar-refractivity contribution in [2.75, 3.05) is 13.1 Å². The average molecular weight is 358 g/mol. The van der Waals surface area contributed by atoms with Gasteiger partial charge in [0, 0.05) is 25.6 Å². The molecular weight excluding hydrogens is 342 g/mol. The Hall–Kier alpha value is -1.96. The second kappa shape index (κ2) is 8.35. The molecule has 0 heterocycles. The molecule has 0 aliphatic carbocycles. The molecule has 0 fully saturated rings. The number of halogens is 1. The summed E-state index contributed by atoms with van der Waals surface area (Å²) in [6.45, 7) is 2.72. The van der Waals surface area contributed by atoms with Crippen LogP contribution in [-0.4, -0.2) is 29.8 Å². The Morgan fingerprint density at radius 2 is 2.00 bits per heavy atom. The highest BCUT2D eigenvalue weighted by molar-refractivity contribution is 9.10. The number of carbonyl (C=O) groups excluding carboxylic acids is 2. The van der Waals surface area contributed by atoms with Gasteiger partial charge in [-0.2, -0.15) is 0 Å². The number of amides is 2. The van der Waals surface area contributed by atoms with Crippen LogP contribution in [0.5, 0.6) is 0 Å². The first-order valence-electron chi connectivity index (χ1n) is 6.45. The molecule has 1 rings (SSSR count). The van der Waals surface area contributed by atoms with Gasteiger partial charge >= 0.3 is 0 Å². The highest BCUT2D eigenvalue weighted by atomic mass is 79.9. The van der Waals surface area contributed by atoms with Crippen molar-refractivity contribution in [2.45, 2.75) is 19.8 Å². The smallest absolute Gasteiger partial charge is 0.284 e. The molecule has 114 valence electrons. The lowest BCUT2D eigenvalue weighted by Gasteiger charge is -2.07. The second-order valence-electron chi connectivity index (χ2n) is 4.25. The first-order valence-corrected chi connectivity index (χ1v) is 7.24. The van der Waals surface area contributed by atoms with Crippen LogP contribution in [0.25, 0.3) is 0 Å². The first-order chi connectivity index (χ1) is 9.97. The Labute approximate surface area is 130 Å². The molecule has 0 saturated heterocycles. The summed E-state index contributed by atoms with van der Waals surface area (Å²) in [5, 5.41) is 16.0. The molecule has 0 unspecified atom stereocenters. The lowest BCUT2D eigenvalue weighted by molar-refractivity contribution is -0.385. The summed E-state index contributed by atoms with van der Waals surface area (Å²) in [5.74, 6) is -0.607. The van der Waals surface area contributed by atoms with E-state index >= 15 is 0 Å². The molecule has 0 saturated carbocycles. The van der Waals surface area contributed by atoms with E-state index in [1.54, 1.807) is 0 Å². The molecule has 1 aromatic carbocycles. The Kier molecular flexibility index (Phi) is 6.80. The third kappa shape index (κ3) is 5.14. The number of hydrogen-bond donors (Lipinski definition) is 2. The number of nitro groups is 1. The van der Waals surface area contributed by atoms with Crippen LogP contribution in [0.4, 0.5) is 5.69 Å². The fraction of sp³-hybridized carbons (Fsp3) is 0.385. The number of benzene rings is 1. The predicted octanol–water partition coefficient (Wildman–Crippen LogP) is 2.00. The van der Waals surface area contributed by atoms with Crippen molar-refractivity contribution in [1.29, 1.82) is 0 Å². The van der Waals surface area contributed by atoms with Gasteiger partial charge in [0.25, 0.3) is 11.6 Å². The van der Waals surface area contributed by atoms with Crippen molar-refractivity contribution in [3.8, 4) is 0 Å². The van der Waals surface area contributed by atoms with E-state index in [4.69, 9.17) is 0 Å². The van der Waals surface area contributed by atoms with Crippen LogP contribution in [0.2, 0.25) is 0 Å². The summed E-state index contributed by atoms with van der Waals surface area (Å²) < 4.78 is 0.128. The van der Waals surface area contributed by atoms with Crippen molar-refractivity contribution in [3.63, 3.8) is 0 Å². The molecule has 0 aliphatic heterocycles. The predicted molar refractivity (Wildman–Crippen MR) is 81.0 cm³/mol. The summed E-state index contributed by atoms with van der Waals surface area (Å²) in [6, 6.07) is 4.22. The molecule has 0 radical (unpaired) electrons. The second-order valence-corrected chi connectivity index (χ2v) is 5.04. The fourth-order valence-corrected chi connectivity index (χ4v) is 2.16. The van der Waals surface area contributed by atoms with Crippen LogP contribution in [0.3, 0.4) is 0 Å². The Morgan fingerprint density at radius 1 is 1.29 bits per heavy atom. The highest BCUT2D eigenvalue weighted by Crippen LogP contribution is 2.28. The van der Waals surface area contributed by atoms with Crippen molar-refractivity contribution in [2.24, 2.45) is 0 Å². The third-order valence-electron chi connectivity index (χ3n) is 2.63. The zero-order chi connectivity index (χ0) is 15.8. The standard InChI is InChI=1S/C13H16BrN3O4/c1-2-7-15-11(18)6-8-16-13(19)9-4-3-5-10(12(9)14)17(20)21/h3-5H,2,6-8H2,1H3,(H,15,18)(H,16,19). The van der Waals surface area contributed by atoms with Crippen molar-refractivity contribution in [3.05, 3.63) is 38.3 Å². The minimum atomic E-state index is -0.570. The SMILES string of the molecule is CCCNC(=O)CCNC(=O)c1cccc([N+](=O)[O-])c1Br. The Balaban J connectivity index is 2.59. The largest absolute Gasteiger partial charge is 0.356 e. The molecule has 0 aromatic heterocycles. The minimum absolute atomic E-state index is 0.128. The molecule has 0 bridgehead atoms. The maximum atomic E-state index is 11.9. The molecule has 2 N–H and O–H groups in total. The summed E-state index contributed by atoms with van der Waals surface area (Å²) >= 11 is 3.06. The van der Waals surface area contributed by atoms with Gasteiger partial charge in [-0.25, -0.2) is 0 Å². The highest BCUT2D eigenvalue weighted by Gasteiger charge is 2.19. The van der Waals surface area contributed by atoms with Crippen molar-refractivity contribution in [1.82, 2.24) is 10.6 Å². The van der Waals surface area contributed by atoms with E-state index in [1.807, 2.05) is 6.92 Å². The summed E-state index contributed by atoms with van der Waals surface area (Å²) in [5.41, 5.74) is -0.0125. The first kappa shape index (κ1) is 17.1. The number of carbonyl (C=O) groups is 2. The third-order valence-corrected chi connectivity index (χ3v) is 3.46. The molecule has 1 aromatic rings. The number of nitro benzene ring substituents is 1. The summed E-state index contributed by atoms with van der Waals surface area (Å²) in [7, 11) is 0. The van der Waals surface area contributed by atoms with Crippen LogP contribution in [0.1, 0.15) is 30.1 Å². The lowest BCUT2D eigenvalue weighted by Crippen LogP contribution is -2.31. The van der Waals surface area contributed by atoms with Crippen LogP contribution < -0.4 is 10.6 Å². The lowest BCUT2D eigenvalue weighted by atomic mass is 10.2. The molecule has 0 aliphatic rings. The van der Waals surface area contributed by atoms with Crippen LogP contribution in [0, 0.1) is 10.1 Å². The molecule has 0 spiro atoms. The van der Waals surface area contributed by atoms with Gasteiger partial charge in [-0.3, -0.25) is 19.7 Å². The molecule has 8 heteroatoms. The van der Waals surface area contributed by atoms with Crippen molar-refractivity contribution >= 4 is 33.4 Å². The van der Waals surface area contributed by atoms with E-state index in [9.17, 15) is 19.7 Å². The van der Waals surface area contributed by atoms with E-state index in [2.05, 4.69) is 26.6 Å². The van der Waals surface area contributed by atoms with Gasteiger partial charge in [0.2, 0.25) is 5.91 Å². The zero-order valence-electron chi connectivity index (χ0n) is 11.5. The topological polar surface area (TPSA) is 101 Å². The van der Waals surface area contributed by atoms with E-state index in [0.717, 1.165) is 6.42 Å². The molecule has 2 amide bonds. The van der Waals surface area contributed by atoms with Gasteiger partial charge in [-0.1, -0.05) is 13.0 Å². The maximum Gasteiger partial charge on any atom is 0.284 e. The number of nitrogens with zero attached hydrogens (tertiary/aromatic N) is 1. The fourth-order valence-electron chi connectivity index (χ4n) is 1.57. The summed E-state index contributed by atoms with van der Waals surface area (Å²) in [6.07, 6.45) is 1.01. The van der Waals surface area contributed by atoms with Crippen LogP contribution in [-0.2, 0) is 4.79 Å². The van der Waals surface area contributed by atoms with Gasteiger partial charge in [0.15, 0.2) is 0 Å². The monoisotopic (exact) mass is 357 g/mol. The van der Waals surface area contributed by atoms with E-state index in [-0.39, 0.29) is 34.6 Å². The normalized spacial score (nSPS) is 10.0. The van der Waals surface area contributed by atoms with Gasteiger partial charge in [0.05, 0.1) is 10.5 Å². The van der Waals surface area contributed by atoms with Gasteiger partial charge < -0.3 is 10.6 Å². The molecule has 7 nitrogen and oxygen atoms in total. The van der Waals surface area contributed by atoms with Crippen molar-refractivity contribution < 1.29 is 14.5 Å². The number of rotatable bonds is 7. The molecular formula is C13H16BrN3O4. The number of hydrogen-bond acceptors (Lipinski definition) is 4. The van der Waals surface area contributed by atoms with Gasteiger partial charge in [0.1, 0.15) is 4.47 Å². The number of nitrogens with one attached hydrogen (secondary N) is 2. The summed E-state index contributed by atoms with van der Waals surface area (Å²) in [4.78, 5) is 33.5. The van der Waals surface area contributed by atoms with E-state index in [0.29, 0.717) is 6.54 Å². The van der Waals surface area contributed by atoms with Gasteiger partial charge in [-0.05, 0) is 28.4 Å². The Bertz CT molecular complexity index is 548. The average Bonchev–Trinajstić information content (AvgIpc) is 2.44. The van der Waals surface area contributed by atoms with Crippen LogP contribution >= 0.6 is 15.9 Å².